The van der Waals surface area contributed by atoms with Crippen molar-refractivity contribution >= 4 is 39.2 Å². The summed E-state index contributed by atoms with van der Waals surface area (Å²) >= 11 is 1.60. The quantitative estimate of drug-likeness (QED) is 0.211. The molecule has 0 aliphatic rings. The average Bonchev–Trinajstić information content (AvgIpc) is 3.65. The van der Waals surface area contributed by atoms with Gasteiger partial charge in [-0.15, -0.1) is 11.3 Å². The fraction of sp³-hybridized carbons (Fsp3) is 0.194. The molecule has 0 unspecified atom stereocenters. The van der Waals surface area contributed by atoms with Gasteiger partial charge in [0.1, 0.15) is 12.2 Å². The fourth-order valence-electron chi connectivity index (χ4n) is 4.39. The number of fused-ring (bicyclic) bond motifs is 2. The third kappa shape index (κ3) is 4.73. The lowest BCUT2D eigenvalue weighted by atomic mass is 9.93. The van der Waals surface area contributed by atoms with E-state index >= 15 is 0 Å². The first-order chi connectivity index (χ1) is 18.3. The Kier molecular flexibility index (Phi) is 6.08. The summed E-state index contributed by atoms with van der Waals surface area (Å²) in [4.78, 5) is 17.8. The minimum atomic E-state index is -0.434. The Bertz CT molecular complexity index is 1760. The number of hydrogen-bond acceptors (Lipinski definition) is 6. The maximum Gasteiger partial charge on any atom is 0.359 e. The summed E-state index contributed by atoms with van der Waals surface area (Å²) in [5.41, 5.74) is 5.05. The molecule has 0 amide bonds. The number of hydrogen-bond donors (Lipinski definition) is 0. The van der Waals surface area contributed by atoms with E-state index in [9.17, 15) is 4.79 Å². The van der Waals surface area contributed by atoms with Gasteiger partial charge < -0.3 is 9.15 Å². The average molecular weight is 522 g/mol. The zero-order valence-electron chi connectivity index (χ0n) is 21.5. The summed E-state index contributed by atoms with van der Waals surface area (Å²) in [5, 5.41) is 9.42. The van der Waals surface area contributed by atoms with E-state index < -0.39 is 5.97 Å². The van der Waals surface area contributed by atoms with Crippen LogP contribution >= 0.6 is 11.3 Å². The van der Waals surface area contributed by atoms with Crippen molar-refractivity contribution in [1.82, 2.24) is 14.8 Å². The van der Waals surface area contributed by atoms with Gasteiger partial charge in [-0.25, -0.2) is 9.78 Å². The van der Waals surface area contributed by atoms with Crippen LogP contribution in [0.15, 0.2) is 88.7 Å². The summed E-state index contributed by atoms with van der Waals surface area (Å²) in [5.74, 6) is 0.336. The first kappa shape index (κ1) is 24.1. The van der Waals surface area contributed by atoms with Crippen molar-refractivity contribution in [2.24, 2.45) is 0 Å². The van der Waals surface area contributed by atoms with E-state index in [-0.39, 0.29) is 12.0 Å². The normalized spacial score (nSPS) is 11.9. The number of carbonyl (C=O) groups is 1. The van der Waals surface area contributed by atoms with Gasteiger partial charge in [-0.3, -0.25) is 4.68 Å². The molecule has 0 fully saturated rings. The van der Waals surface area contributed by atoms with E-state index in [0.29, 0.717) is 12.2 Å². The molecule has 3 aromatic carbocycles. The summed E-state index contributed by atoms with van der Waals surface area (Å²) in [6, 6.07) is 25.5. The van der Waals surface area contributed by atoms with Crippen molar-refractivity contribution in [3.8, 4) is 10.8 Å². The van der Waals surface area contributed by atoms with Crippen molar-refractivity contribution in [3.63, 3.8) is 0 Å². The molecule has 0 spiro atoms. The Labute approximate surface area is 224 Å². The van der Waals surface area contributed by atoms with Crippen LogP contribution in [0.2, 0.25) is 0 Å². The Morgan fingerprint density at radius 3 is 2.55 bits per heavy atom. The lowest BCUT2D eigenvalue weighted by molar-refractivity contribution is 0.0467. The molecule has 0 N–H and O–H groups in total. The summed E-state index contributed by atoms with van der Waals surface area (Å²) in [6.07, 6.45) is 0. The number of para-hydroxylation sites is 1. The van der Waals surface area contributed by atoms with Gasteiger partial charge >= 0.3 is 5.97 Å². The van der Waals surface area contributed by atoms with Crippen molar-refractivity contribution < 1.29 is 13.9 Å². The highest BCUT2D eigenvalue weighted by atomic mass is 32.1. The number of thiazole rings is 1. The summed E-state index contributed by atoms with van der Waals surface area (Å²) in [6.45, 7) is 7.18. The van der Waals surface area contributed by atoms with Gasteiger partial charge in [-0.05, 0) is 35.4 Å². The first-order valence-corrected chi connectivity index (χ1v) is 13.4. The maximum absolute atomic E-state index is 13.0. The molecule has 190 valence electrons. The second kappa shape index (κ2) is 9.58. The Morgan fingerprint density at radius 1 is 0.974 bits per heavy atom. The molecular weight excluding hydrogens is 494 g/mol. The second-order valence-electron chi connectivity index (χ2n) is 10.4. The molecule has 6 nitrogen and oxygen atoms in total. The Morgan fingerprint density at radius 2 is 1.76 bits per heavy atom. The number of aromatic nitrogens is 3. The molecule has 0 atom stereocenters. The molecule has 0 saturated heterocycles. The second-order valence-corrected chi connectivity index (χ2v) is 11.2. The van der Waals surface area contributed by atoms with E-state index in [1.54, 1.807) is 11.3 Å². The van der Waals surface area contributed by atoms with Crippen molar-refractivity contribution in [3.05, 3.63) is 107 Å². The highest BCUT2D eigenvalue weighted by Gasteiger charge is 2.21. The van der Waals surface area contributed by atoms with E-state index in [1.165, 1.54) is 0 Å². The molecule has 7 heteroatoms. The van der Waals surface area contributed by atoms with E-state index in [1.807, 2.05) is 77.5 Å². The van der Waals surface area contributed by atoms with Crippen LogP contribution < -0.4 is 0 Å². The third-order valence-electron chi connectivity index (χ3n) is 6.46. The largest absolute Gasteiger partial charge is 0.456 e. The predicted molar refractivity (Wildman–Crippen MR) is 150 cm³/mol. The van der Waals surface area contributed by atoms with Crippen LogP contribution in [0.25, 0.3) is 32.6 Å². The number of benzene rings is 3. The van der Waals surface area contributed by atoms with Gasteiger partial charge in [-0.2, -0.15) is 5.10 Å². The minimum absolute atomic E-state index is 0.00665. The summed E-state index contributed by atoms with van der Waals surface area (Å²) < 4.78 is 13.6. The van der Waals surface area contributed by atoms with Gasteiger partial charge in [0.15, 0.2) is 16.5 Å². The molecular formula is C31H27N3O3S. The third-order valence-corrected chi connectivity index (χ3v) is 7.32. The topological polar surface area (TPSA) is 70.2 Å². The lowest BCUT2D eigenvalue weighted by Gasteiger charge is -2.13. The number of ether oxygens (including phenoxy) is 1. The number of rotatable bonds is 6. The Balaban J connectivity index is 1.26. The van der Waals surface area contributed by atoms with Gasteiger partial charge in [0, 0.05) is 21.6 Å². The zero-order valence-corrected chi connectivity index (χ0v) is 22.3. The van der Waals surface area contributed by atoms with E-state index in [4.69, 9.17) is 14.1 Å². The van der Waals surface area contributed by atoms with Crippen LogP contribution in [-0.2, 0) is 23.3 Å². The smallest absolute Gasteiger partial charge is 0.359 e. The monoisotopic (exact) mass is 521 g/mol. The molecule has 0 bridgehead atoms. The van der Waals surface area contributed by atoms with Gasteiger partial charge in [0.2, 0.25) is 0 Å². The minimum Gasteiger partial charge on any atom is -0.456 e. The Hall–Kier alpha value is -4.23. The number of nitrogens with zero attached hydrogens (tertiary/aromatic N) is 3. The molecule has 3 heterocycles. The molecule has 0 saturated carbocycles. The van der Waals surface area contributed by atoms with Crippen LogP contribution in [0.3, 0.4) is 0 Å². The SMILES string of the molecule is CC(C)(C)c1csc(-c2cc3cc(Cn4nc(C(=O)OCc5ccccc5)c5ccccc54)ccc3o2)n1. The molecule has 0 aliphatic heterocycles. The van der Waals surface area contributed by atoms with Crippen LogP contribution in [0.5, 0.6) is 0 Å². The highest BCUT2D eigenvalue weighted by Crippen LogP contribution is 2.33. The first-order valence-electron chi connectivity index (χ1n) is 12.5. The number of carbonyl (C=O) groups excluding carboxylic acids is 1. The molecule has 0 radical (unpaired) electrons. The maximum atomic E-state index is 13.0. The molecule has 6 rings (SSSR count). The van der Waals surface area contributed by atoms with Crippen LogP contribution in [0, 0.1) is 0 Å². The number of esters is 1. The molecule has 38 heavy (non-hydrogen) atoms. The van der Waals surface area contributed by atoms with Crippen LogP contribution in [0.1, 0.15) is 48.1 Å². The van der Waals surface area contributed by atoms with Crippen LogP contribution in [-0.4, -0.2) is 20.7 Å². The zero-order chi connectivity index (χ0) is 26.3. The highest BCUT2D eigenvalue weighted by molar-refractivity contribution is 7.13. The van der Waals surface area contributed by atoms with Gasteiger partial charge in [0.05, 0.1) is 17.8 Å². The molecule has 3 aromatic heterocycles. The van der Waals surface area contributed by atoms with Crippen LogP contribution in [0.4, 0.5) is 0 Å². The molecule has 6 aromatic rings. The van der Waals surface area contributed by atoms with Gasteiger partial charge in [0.25, 0.3) is 0 Å². The van der Waals surface area contributed by atoms with Crippen molar-refractivity contribution in [2.45, 2.75) is 39.3 Å². The standard InChI is InChI=1S/C31H27N3O3S/c1-31(2,3)27-19-38-29(32-27)26-16-22-15-21(13-14-25(22)37-26)17-34-24-12-8-7-11-23(24)28(33-34)30(35)36-18-20-9-5-4-6-10-20/h4-16,19H,17-18H2,1-3H3. The lowest BCUT2D eigenvalue weighted by Crippen LogP contribution is -2.11. The summed E-state index contributed by atoms with van der Waals surface area (Å²) in [7, 11) is 0. The van der Waals surface area contributed by atoms with E-state index in [0.717, 1.165) is 49.5 Å². The predicted octanol–water partition coefficient (Wildman–Crippen LogP) is 7.61. The molecule has 0 aliphatic carbocycles. The van der Waals surface area contributed by atoms with Gasteiger partial charge in [-0.1, -0.05) is 75.4 Å². The fourth-order valence-corrected chi connectivity index (χ4v) is 5.39. The van der Waals surface area contributed by atoms with Crippen molar-refractivity contribution in [2.75, 3.05) is 0 Å². The van der Waals surface area contributed by atoms with Crippen molar-refractivity contribution in [1.29, 1.82) is 0 Å². The van der Waals surface area contributed by atoms with E-state index in [2.05, 4.69) is 37.3 Å². The number of furan rings is 1.